The Morgan fingerprint density at radius 1 is 1.35 bits per heavy atom. The molecule has 1 amide bonds. The Kier molecular flexibility index (Phi) is 4.58. The van der Waals surface area contributed by atoms with Crippen LogP contribution in [0, 0.1) is 6.92 Å². The SMILES string of the molecule is CCNc1cnccc1C(=O)Nc1ccc(C)c(Cl)c1. The van der Waals surface area contributed by atoms with E-state index in [0.717, 1.165) is 12.1 Å². The molecule has 0 fully saturated rings. The molecule has 0 saturated carbocycles. The summed E-state index contributed by atoms with van der Waals surface area (Å²) in [7, 11) is 0. The van der Waals surface area contributed by atoms with Crippen molar-refractivity contribution >= 4 is 28.9 Å². The minimum Gasteiger partial charge on any atom is -0.383 e. The quantitative estimate of drug-likeness (QED) is 0.902. The predicted octanol–water partition coefficient (Wildman–Crippen LogP) is 3.73. The van der Waals surface area contributed by atoms with Gasteiger partial charge in [0.2, 0.25) is 0 Å². The second-order valence-corrected chi connectivity index (χ2v) is 4.78. The summed E-state index contributed by atoms with van der Waals surface area (Å²) in [6.45, 7) is 4.61. The van der Waals surface area contributed by atoms with Crippen LogP contribution in [0.15, 0.2) is 36.7 Å². The Balaban J connectivity index is 2.21. The monoisotopic (exact) mass is 289 g/mol. The van der Waals surface area contributed by atoms with E-state index in [9.17, 15) is 4.79 Å². The van der Waals surface area contributed by atoms with E-state index in [1.165, 1.54) is 0 Å². The number of hydrogen-bond acceptors (Lipinski definition) is 3. The molecule has 2 rings (SSSR count). The lowest BCUT2D eigenvalue weighted by Gasteiger charge is -2.11. The highest BCUT2D eigenvalue weighted by Crippen LogP contribution is 2.21. The number of anilines is 2. The summed E-state index contributed by atoms with van der Waals surface area (Å²) >= 11 is 6.05. The minimum atomic E-state index is -0.191. The average Bonchev–Trinajstić information content (AvgIpc) is 2.44. The van der Waals surface area contributed by atoms with E-state index in [-0.39, 0.29) is 5.91 Å². The second kappa shape index (κ2) is 6.39. The Labute approximate surface area is 123 Å². The number of aryl methyl sites for hydroxylation is 1. The molecule has 0 aliphatic heterocycles. The molecule has 0 saturated heterocycles. The highest BCUT2D eigenvalue weighted by atomic mass is 35.5. The van der Waals surface area contributed by atoms with Gasteiger partial charge in [0.15, 0.2) is 0 Å². The van der Waals surface area contributed by atoms with Crippen molar-refractivity contribution in [1.29, 1.82) is 0 Å². The van der Waals surface area contributed by atoms with Crippen LogP contribution < -0.4 is 10.6 Å². The third-order valence-electron chi connectivity index (χ3n) is 2.86. The molecule has 0 bridgehead atoms. The first-order valence-electron chi connectivity index (χ1n) is 6.37. The van der Waals surface area contributed by atoms with E-state index in [2.05, 4.69) is 15.6 Å². The molecule has 0 aliphatic rings. The molecule has 0 atom stereocenters. The molecule has 1 heterocycles. The smallest absolute Gasteiger partial charge is 0.257 e. The normalized spacial score (nSPS) is 10.2. The van der Waals surface area contributed by atoms with E-state index >= 15 is 0 Å². The van der Waals surface area contributed by atoms with Crippen molar-refractivity contribution in [3.05, 3.63) is 52.8 Å². The van der Waals surface area contributed by atoms with Crippen LogP contribution in [0.5, 0.6) is 0 Å². The van der Waals surface area contributed by atoms with Gasteiger partial charge < -0.3 is 10.6 Å². The van der Waals surface area contributed by atoms with Crippen molar-refractivity contribution in [3.63, 3.8) is 0 Å². The average molecular weight is 290 g/mol. The van der Waals surface area contributed by atoms with E-state index in [1.807, 2.05) is 26.0 Å². The molecule has 0 aliphatic carbocycles. The zero-order valence-corrected chi connectivity index (χ0v) is 12.2. The summed E-state index contributed by atoms with van der Waals surface area (Å²) in [6.07, 6.45) is 3.23. The third kappa shape index (κ3) is 3.27. The number of carbonyl (C=O) groups excluding carboxylic acids is 1. The van der Waals surface area contributed by atoms with Crippen molar-refractivity contribution in [2.45, 2.75) is 13.8 Å². The first-order valence-corrected chi connectivity index (χ1v) is 6.75. The number of hydrogen-bond donors (Lipinski definition) is 2. The van der Waals surface area contributed by atoms with Gasteiger partial charge in [0.1, 0.15) is 0 Å². The van der Waals surface area contributed by atoms with Crippen molar-refractivity contribution in [2.24, 2.45) is 0 Å². The number of halogens is 1. The molecule has 0 unspecified atom stereocenters. The molecular formula is C15H16ClN3O. The lowest BCUT2D eigenvalue weighted by atomic mass is 10.2. The van der Waals surface area contributed by atoms with Gasteiger partial charge in [-0.05, 0) is 37.6 Å². The first-order chi connectivity index (χ1) is 9.61. The molecule has 5 heteroatoms. The summed E-state index contributed by atoms with van der Waals surface area (Å²) in [6, 6.07) is 7.12. The van der Waals surface area contributed by atoms with E-state index in [4.69, 9.17) is 11.6 Å². The van der Waals surface area contributed by atoms with Crippen LogP contribution in [0.1, 0.15) is 22.8 Å². The fraction of sp³-hybridized carbons (Fsp3) is 0.200. The van der Waals surface area contributed by atoms with Crippen LogP contribution in [0.25, 0.3) is 0 Å². The summed E-state index contributed by atoms with van der Waals surface area (Å²) < 4.78 is 0. The molecule has 4 nitrogen and oxygen atoms in total. The van der Waals surface area contributed by atoms with Gasteiger partial charge in [-0.3, -0.25) is 9.78 Å². The number of pyridine rings is 1. The fourth-order valence-electron chi connectivity index (χ4n) is 1.79. The van der Waals surface area contributed by atoms with Gasteiger partial charge in [0.25, 0.3) is 5.91 Å². The molecular weight excluding hydrogens is 274 g/mol. The number of benzene rings is 1. The maximum atomic E-state index is 12.3. The predicted molar refractivity (Wildman–Crippen MR) is 82.5 cm³/mol. The van der Waals surface area contributed by atoms with E-state index in [1.54, 1.807) is 24.5 Å². The zero-order valence-electron chi connectivity index (χ0n) is 11.4. The van der Waals surface area contributed by atoms with Crippen molar-refractivity contribution in [2.75, 3.05) is 17.2 Å². The Hall–Kier alpha value is -2.07. The topological polar surface area (TPSA) is 54.0 Å². The lowest BCUT2D eigenvalue weighted by Crippen LogP contribution is -2.15. The van der Waals surface area contributed by atoms with Crippen molar-refractivity contribution in [3.8, 4) is 0 Å². The van der Waals surface area contributed by atoms with Gasteiger partial charge in [0, 0.05) is 23.5 Å². The van der Waals surface area contributed by atoms with Gasteiger partial charge in [-0.15, -0.1) is 0 Å². The highest BCUT2D eigenvalue weighted by Gasteiger charge is 2.11. The number of carbonyl (C=O) groups is 1. The first kappa shape index (κ1) is 14.3. The van der Waals surface area contributed by atoms with Gasteiger partial charge in [-0.25, -0.2) is 0 Å². The summed E-state index contributed by atoms with van der Waals surface area (Å²) in [5.74, 6) is -0.191. The number of amides is 1. The third-order valence-corrected chi connectivity index (χ3v) is 3.27. The van der Waals surface area contributed by atoms with Gasteiger partial charge >= 0.3 is 0 Å². The summed E-state index contributed by atoms with van der Waals surface area (Å²) in [4.78, 5) is 16.3. The summed E-state index contributed by atoms with van der Waals surface area (Å²) in [5.41, 5.74) is 2.91. The second-order valence-electron chi connectivity index (χ2n) is 4.37. The number of nitrogens with zero attached hydrogens (tertiary/aromatic N) is 1. The van der Waals surface area contributed by atoms with Crippen LogP contribution in [0.4, 0.5) is 11.4 Å². The largest absolute Gasteiger partial charge is 0.383 e. The Morgan fingerprint density at radius 2 is 2.15 bits per heavy atom. The maximum absolute atomic E-state index is 12.3. The van der Waals surface area contributed by atoms with E-state index < -0.39 is 0 Å². The minimum absolute atomic E-state index is 0.191. The molecule has 0 spiro atoms. The van der Waals surface area contributed by atoms with Gasteiger partial charge in [-0.2, -0.15) is 0 Å². The fourth-order valence-corrected chi connectivity index (χ4v) is 1.97. The molecule has 1 aromatic carbocycles. The van der Waals surface area contributed by atoms with Crippen LogP contribution in [0.3, 0.4) is 0 Å². The van der Waals surface area contributed by atoms with Crippen LogP contribution in [0.2, 0.25) is 5.02 Å². The number of rotatable bonds is 4. The molecule has 2 aromatic rings. The standard InChI is InChI=1S/C15H16ClN3O/c1-3-18-14-9-17-7-6-12(14)15(20)19-11-5-4-10(2)13(16)8-11/h4-9,18H,3H2,1-2H3,(H,19,20). The van der Waals surface area contributed by atoms with Crippen LogP contribution >= 0.6 is 11.6 Å². The van der Waals surface area contributed by atoms with Gasteiger partial charge in [-0.1, -0.05) is 17.7 Å². The summed E-state index contributed by atoms with van der Waals surface area (Å²) in [5, 5.41) is 6.58. The molecule has 2 N–H and O–H groups in total. The molecule has 20 heavy (non-hydrogen) atoms. The highest BCUT2D eigenvalue weighted by molar-refractivity contribution is 6.31. The van der Waals surface area contributed by atoms with Crippen LogP contribution in [-0.2, 0) is 0 Å². The lowest BCUT2D eigenvalue weighted by molar-refractivity contribution is 0.102. The van der Waals surface area contributed by atoms with Crippen molar-refractivity contribution < 1.29 is 4.79 Å². The molecule has 104 valence electrons. The molecule has 0 radical (unpaired) electrons. The van der Waals surface area contributed by atoms with Gasteiger partial charge in [0.05, 0.1) is 17.4 Å². The maximum Gasteiger partial charge on any atom is 0.257 e. The Bertz CT molecular complexity index is 628. The number of aromatic nitrogens is 1. The zero-order chi connectivity index (χ0) is 14.5. The van der Waals surface area contributed by atoms with Crippen molar-refractivity contribution in [1.82, 2.24) is 4.98 Å². The molecule has 1 aromatic heterocycles. The number of nitrogens with one attached hydrogen (secondary N) is 2. The van der Waals surface area contributed by atoms with E-state index in [0.29, 0.717) is 22.0 Å². The van der Waals surface area contributed by atoms with Crippen LogP contribution in [-0.4, -0.2) is 17.4 Å². The Morgan fingerprint density at radius 3 is 2.85 bits per heavy atom.